The topological polar surface area (TPSA) is 50.7 Å². The molecule has 7 heteroatoms. The van der Waals surface area contributed by atoms with Crippen LogP contribution >= 0.6 is 45.8 Å². The SMILES string of the molecule is O=C(N/N=C\c1ccccc1OCc1ccc(Cl)cc1Cl)c1ccc(I)cc1. The number of rotatable bonds is 6. The Morgan fingerprint density at radius 2 is 1.82 bits per heavy atom. The fourth-order valence-electron chi connectivity index (χ4n) is 2.34. The summed E-state index contributed by atoms with van der Waals surface area (Å²) in [6, 6.07) is 19.9. The van der Waals surface area contributed by atoms with E-state index in [9.17, 15) is 4.79 Å². The smallest absolute Gasteiger partial charge is 0.271 e. The molecule has 3 aromatic carbocycles. The van der Waals surface area contributed by atoms with E-state index in [0.717, 1.165) is 14.7 Å². The molecule has 0 aliphatic rings. The molecule has 1 N–H and O–H groups in total. The second-order valence-electron chi connectivity index (χ2n) is 5.77. The van der Waals surface area contributed by atoms with Crippen molar-refractivity contribution in [1.82, 2.24) is 5.43 Å². The second-order valence-corrected chi connectivity index (χ2v) is 7.86. The van der Waals surface area contributed by atoms with E-state index >= 15 is 0 Å². The normalized spacial score (nSPS) is 10.8. The fourth-order valence-corrected chi connectivity index (χ4v) is 3.16. The molecular formula is C21H15Cl2IN2O2. The van der Waals surface area contributed by atoms with Crippen LogP contribution in [0.4, 0.5) is 0 Å². The number of para-hydroxylation sites is 1. The van der Waals surface area contributed by atoms with Gasteiger partial charge in [0.05, 0.1) is 6.21 Å². The van der Waals surface area contributed by atoms with Crippen LogP contribution < -0.4 is 10.2 Å². The summed E-state index contributed by atoms with van der Waals surface area (Å²) in [7, 11) is 0. The summed E-state index contributed by atoms with van der Waals surface area (Å²) in [5.74, 6) is 0.347. The highest BCUT2D eigenvalue weighted by Crippen LogP contribution is 2.23. The van der Waals surface area contributed by atoms with Gasteiger partial charge in [-0.2, -0.15) is 5.10 Å². The molecule has 0 saturated carbocycles. The van der Waals surface area contributed by atoms with Crippen LogP contribution in [0.2, 0.25) is 10.0 Å². The van der Waals surface area contributed by atoms with E-state index in [-0.39, 0.29) is 12.5 Å². The second kappa shape index (κ2) is 9.91. The van der Waals surface area contributed by atoms with Crippen LogP contribution in [0.1, 0.15) is 21.5 Å². The van der Waals surface area contributed by atoms with Crippen molar-refractivity contribution in [3.05, 3.63) is 97.0 Å². The number of hydrogen-bond acceptors (Lipinski definition) is 3. The van der Waals surface area contributed by atoms with Crippen LogP contribution in [-0.4, -0.2) is 12.1 Å². The average molecular weight is 525 g/mol. The van der Waals surface area contributed by atoms with E-state index in [0.29, 0.717) is 21.4 Å². The molecule has 0 bridgehead atoms. The Hall–Kier alpha value is -2.09. The van der Waals surface area contributed by atoms with E-state index in [1.54, 1.807) is 30.5 Å². The van der Waals surface area contributed by atoms with Gasteiger partial charge in [0.15, 0.2) is 0 Å². The number of benzene rings is 3. The van der Waals surface area contributed by atoms with Crippen LogP contribution in [0, 0.1) is 3.57 Å². The van der Waals surface area contributed by atoms with Gasteiger partial charge in [-0.3, -0.25) is 4.79 Å². The zero-order chi connectivity index (χ0) is 19.9. The molecule has 0 aromatic heterocycles. The van der Waals surface area contributed by atoms with E-state index in [1.165, 1.54) is 0 Å². The number of carbonyl (C=O) groups excluding carboxylic acids is 1. The molecule has 3 rings (SSSR count). The number of ether oxygens (including phenoxy) is 1. The Balaban J connectivity index is 1.65. The predicted molar refractivity (Wildman–Crippen MR) is 121 cm³/mol. The summed E-state index contributed by atoms with van der Waals surface area (Å²) < 4.78 is 6.93. The number of halogens is 3. The Bertz CT molecular complexity index is 1010. The first-order valence-corrected chi connectivity index (χ1v) is 10.1. The highest BCUT2D eigenvalue weighted by molar-refractivity contribution is 14.1. The monoisotopic (exact) mass is 524 g/mol. The first kappa shape index (κ1) is 20.6. The number of hydrazone groups is 1. The van der Waals surface area contributed by atoms with Crippen LogP contribution in [-0.2, 0) is 6.61 Å². The Morgan fingerprint density at radius 3 is 2.57 bits per heavy atom. The number of amides is 1. The van der Waals surface area contributed by atoms with Gasteiger partial charge in [0.1, 0.15) is 12.4 Å². The van der Waals surface area contributed by atoms with Gasteiger partial charge in [0.25, 0.3) is 5.91 Å². The Morgan fingerprint density at radius 1 is 1.07 bits per heavy atom. The van der Waals surface area contributed by atoms with Crippen molar-refractivity contribution in [3.63, 3.8) is 0 Å². The molecule has 142 valence electrons. The van der Waals surface area contributed by atoms with Gasteiger partial charge in [-0.15, -0.1) is 0 Å². The molecule has 1 amide bonds. The van der Waals surface area contributed by atoms with Crippen molar-refractivity contribution in [1.29, 1.82) is 0 Å². The van der Waals surface area contributed by atoms with E-state index in [4.69, 9.17) is 27.9 Å². The third kappa shape index (κ3) is 5.70. The van der Waals surface area contributed by atoms with Crippen LogP contribution in [0.15, 0.2) is 71.8 Å². The summed E-state index contributed by atoms with van der Waals surface area (Å²) in [6.45, 7) is 0.288. The van der Waals surface area contributed by atoms with Gasteiger partial charge in [-0.05, 0) is 71.1 Å². The van der Waals surface area contributed by atoms with Gasteiger partial charge >= 0.3 is 0 Å². The van der Waals surface area contributed by atoms with E-state index in [1.807, 2.05) is 42.5 Å². The first-order chi connectivity index (χ1) is 13.5. The molecule has 0 saturated heterocycles. The highest BCUT2D eigenvalue weighted by atomic mass is 127. The molecule has 0 fully saturated rings. The maximum absolute atomic E-state index is 12.1. The molecule has 0 unspecified atom stereocenters. The standard InChI is InChI=1S/C21H15Cl2IN2O2/c22-17-8-5-16(19(23)11-17)13-28-20-4-2-1-3-15(20)12-25-26-21(27)14-6-9-18(24)10-7-14/h1-12H,13H2,(H,26,27)/b25-12-. The minimum Gasteiger partial charge on any atom is -0.488 e. The van der Waals surface area contributed by atoms with Crippen molar-refractivity contribution in [2.45, 2.75) is 6.61 Å². The van der Waals surface area contributed by atoms with Crippen LogP contribution in [0.25, 0.3) is 0 Å². The third-order valence-electron chi connectivity index (χ3n) is 3.79. The average Bonchev–Trinajstić information content (AvgIpc) is 2.68. The van der Waals surface area contributed by atoms with Crippen molar-refractivity contribution < 1.29 is 9.53 Å². The summed E-state index contributed by atoms with van der Waals surface area (Å²) in [5, 5.41) is 5.15. The van der Waals surface area contributed by atoms with Gasteiger partial charge in [-0.25, -0.2) is 5.43 Å². The molecule has 3 aromatic rings. The molecule has 4 nitrogen and oxygen atoms in total. The highest BCUT2D eigenvalue weighted by Gasteiger charge is 2.06. The maximum atomic E-state index is 12.1. The largest absolute Gasteiger partial charge is 0.488 e. The molecule has 0 heterocycles. The quantitative estimate of drug-likeness (QED) is 0.246. The van der Waals surface area contributed by atoms with Crippen LogP contribution in [0.3, 0.4) is 0 Å². The number of hydrogen-bond donors (Lipinski definition) is 1. The molecule has 0 spiro atoms. The molecule has 28 heavy (non-hydrogen) atoms. The minimum absolute atomic E-state index is 0.279. The third-order valence-corrected chi connectivity index (χ3v) is 5.10. The number of nitrogens with zero attached hydrogens (tertiary/aromatic N) is 1. The maximum Gasteiger partial charge on any atom is 0.271 e. The van der Waals surface area contributed by atoms with Gasteiger partial charge < -0.3 is 4.74 Å². The molecule has 0 aliphatic carbocycles. The molecule has 0 radical (unpaired) electrons. The summed E-state index contributed by atoms with van der Waals surface area (Å²) in [5.41, 5.74) is 4.62. The summed E-state index contributed by atoms with van der Waals surface area (Å²) in [4.78, 5) is 12.1. The molecule has 0 aliphatic heterocycles. The molecular weight excluding hydrogens is 510 g/mol. The summed E-state index contributed by atoms with van der Waals surface area (Å²) in [6.07, 6.45) is 1.55. The van der Waals surface area contributed by atoms with Gasteiger partial charge in [0.2, 0.25) is 0 Å². The Labute approximate surface area is 186 Å². The summed E-state index contributed by atoms with van der Waals surface area (Å²) >= 11 is 14.3. The lowest BCUT2D eigenvalue weighted by Gasteiger charge is -2.10. The van der Waals surface area contributed by atoms with Crippen LogP contribution in [0.5, 0.6) is 5.75 Å². The number of carbonyl (C=O) groups is 1. The van der Waals surface area contributed by atoms with Crippen molar-refractivity contribution in [2.75, 3.05) is 0 Å². The lowest BCUT2D eigenvalue weighted by Crippen LogP contribution is -2.17. The van der Waals surface area contributed by atoms with Gasteiger partial charge in [0, 0.05) is 30.3 Å². The fraction of sp³-hybridized carbons (Fsp3) is 0.0476. The van der Waals surface area contributed by atoms with E-state index in [2.05, 4.69) is 33.1 Å². The lowest BCUT2D eigenvalue weighted by molar-refractivity contribution is 0.0955. The number of nitrogens with one attached hydrogen (secondary N) is 1. The minimum atomic E-state index is -0.279. The van der Waals surface area contributed by atoms with Gasteiger partial charge in [-0.1, -0.05) is 41.4 Å². The van der Waals surface area contributed by atoms with Crippen molar-refractivity contribution >= 4 is 57.9 Å². The predicted octanol–water partition coefficient (Wildman–Crippen LogP) is 5.94. The Kier molecular flexibility index (Phi) is 7.30. The lowest BCUT2D eigenvalue weighted by atomic mass is 10.2. The first-order valence-electron chi connectivity index (χ1n) is 8.27. The van der Waals surface area contributed by atoms with E-state index < -0.39 is 0 Å². The zero-order valence-corrected chi connectivity index (χ0v) is 18.2. The zero-order valence-electron chi connectivity index (χ0n) is 14.5. The van der Waals surface area contributed by atoms with Crippen molar-refractivity contribution in [2.24, 2.45) is 5.10 Å². The van der Waals surface area contributed by atoms with Crippen molar-refractivity contribution in [3.8, 4) is 5.75 Å². The molecule has 0 atom stereocenters.